The molecule has 0 aliphatic rings. The third-order valence-corrected chi connectivity index (χ3v) is 3.53. The average molecular weight is 257 g/mol. The van der Waals surface area contributed by atoms with Crippen molar-refractivity contribution in [2.24, 2.45) is 7.05 Å². The number of anilines is 1. The molecule has 1 aromatic carbocycles. The fourth-order valence-electron chi connectivity index (χ4n) is 1.95. The molecule has 0 unspecified atom stereocenters. The normalized spacial score (nSPS) is 10.7. The van der Waals surface area contributed by atoms with Crippen molar-refractivity contribution < 1.29 is 4.79 Å². The minimum absolute atomic E-state index is 0.136. The van der Waals surface area contributed by atoms with Gasteiger partial charge in [0.2, 0.25) is 0 Å². The molecule has 0 aliphatic carbocycles. The lowest BCUT2D eigenvalue weighted by Crippen LogP contribution is -2.15. The molecular formula is C13H11N3OS. The Balaban J connectivity index is 1.99. The predicted octanol–water partition coefficient (Wildman–Crippen LogP) is 2.89. The molecule has 4 nitrogen and oxygen atoms in total. The fourth-order valence-corrected chi connectivity index (χ4v) is 2.48. The first kappa shape index (κ1) is 11.0. The molecule has 0 saturated heterocycles. The number of thiazole rings is 1. The topological polar surface area (TPSA) is 46.9 Å². The van der Waals surface area contributed by atoms with Gasteiger partial charge in [0.05, 0.1) is 0 Å². The summed E-state index contributed by atoms with van der Waals surface area (Å²) in [5.41, 5.74) is 1.67. The Morgan fingerprint density at radius 2 is 2.22 bits per heavy atom. The smallest absolute Gasteiger partial charge is 0.274 e. The Labute approximate surface area is 108 Å². The van der Waals surface area contributed by atoms with Crippen LogP contribution in [0.15, 0.2) is 41.9 Å². The molecule has 0 bridgehead atoms. The van der Waals surface area contributed by atoms with E-state index in [1.54, 1.807) is 6.20 Å². The zero-order chi connectivity index (χ0) is 12.5. The quantitative estimate of drug-likeness (QED) is 0.767. The van der Waals surface area contributed by atoms with E-state index in [9.17, 15) is 4.79 Å². The summed E-state index contributed by atoms with van der Waals surface area (Å²) in [5.74, 6) is -0.136. The van der Waals surface area contributed by atoms with Crippen LogP contribution in [0, 0.1) is 0 Å². The van der Waals surface area contributed by atoms with Crippen molar-refractivity contribution in [3.05, 3.63) is 47.6 Å². The van der Waals surface area contributed by atoms with Crippen LogP contribution in [0.25, 0.3) is 10.9 Å². The highest BCUT2D eigenvalue weighted by atomic mass is 32.1. The van der Waals surface area contributed by atoms with Crippen LogP contribution in [-0.2, 0) is 7.05 Å². The number of carbonyl (C=O) groups excluding carboxylic acids is 1. The highest BCUT2D eigenvalue weighted by Gasteiger charge is 2.13. The Morgan fingerprint density at radius 3 is 2.94 bits per heavy atom. The maximum absolute atomic E-state index is 12.1. The Bertz CT molecular complexity index is 700. The monoisotopic (exact) mass is 257 g/mol. The van der Waals surface area contributed by atoms with Crippen molar-refractivity contribution >= 4 is 33.3 Å². The molecule has 3 aromatic rings. The zero-order valence-corrected chi connectivity index (χ0v) is 10.6. The number of carbonyl (C=O) groups is 1. The van der Waals surface area contributed by atoms with Crippen molar-refractivity contribution in [3.8, 4) is 0 Å². The molecule has 1 amide bonds. The van der Waals surface area contributed by atoms with Gasteiger partial charge in [0.25, 0.3) is 5.91 Å². The zero-order valence-electron chi connectivity index (χ0n) is 9.75. The number of nitrogens with one attached hydrogen (secondary N) is 1. The van der Waals surface area contributed by atoms with Gasteiger partial charge in [0, 0.05) is 29.5 Å². The summed E-state index contributed by atoms with van der Waals surface area (Å²) in [6, 6.07) is 9.80. The first-order valence-corrected chi connectivity index (χ1v) is 6.39. The van der Waals surface area contributed by atoms with E-state index in [2.05, 4.69) is 10.3 Å². The molecule has 0 aliphatic heterocycles. The van der Waals surface area contributed by atoms with Gasteiger partial charge in [-0.3, -0.25) is 10.1 Å². The maximum Gasteiger partial charge on any atom is 0.274 e. The van der Waals surface area contributed by atoms with E-state index in [4.69, 9.17) is 0 Å². The summed E-state index contributed by atoms with van der Waals surface area (Å²) in [4.78, 5) is 16.2. The van der Waals surface area contributed by atoms with Crippen molar-refractivity contribution in [2.45, 2.75) is 0 Å². The third-order valence-electron chi connectivity index (χ3n) is 2.84. The van der Waals surface area contributed by atoms with Gasteiger partial charge < -0.3 is 4.57 Å². The van der Waals surface area contributed by atoms with Gasteiger partial charge in [0.1, 0.15) is 5.69 Å². The van der Waals surface area contributed by atoms with Crippen LogP contribution in [0.3, 0.4) is 0 Å². The van der Waals surface area contributed by atoms with Crippen molar-refractivity contribution in [1.82, 2.24) is 9.55 Å². The van der Waals surface area contributed by atoms with Crippen LogP contribution in [0.5, 0.6) is 0 Å². The van der Waals surface area contributed by atoms with Gasteiger partial charge in [-0.15, -0.1) is 11.3 Å². The maximum atomic E-state index is 12.1. The van der Waals surface area contributed by atoms with E-state index in [0.29, 0.717) is 10.8 Å². The molecule has 5 heteroatoms. The lowest BCUT2D eigenvalue weighted by molar-refractivity contribution is 0.101. The second kappa shape index (κ2) is 4.27. The summed E-state index contributed by atoms with van der Waals surface area (Å²) < 4.78 is 1.89. The summed E-state index contributed by atoms with van der Waals surface area (Å²) in [5, 5.41) is 6.29. The van der Waals surface area contributed by atoms with Gasteiger partial charge in [-0.1, -0.05) is 18.2 Å². The molecule has 0 saturated carbocycles. The molecule has 0 radical (unpaired) electrons. The number of aryl methyl sites for hydroxylation is 1. The van der Waals surface area contributed by atoms with E-state index in [1.165, 1.54) is 11.3 Å². The number of fused-ring (bicyclic) bond motifs is 1. The highest BCUT2D eigenvalue weighted by Crippen LogP contribution is 2.19. The van der Waals surface area contributed by atoms with Crippen LogP contribution in [0.1, 0.15) is 10.5 Å². The number of hydrogen-bond acceptors (Lipinski definition) is 3. The van der Waals surface area contributed by atoms with Gasteiger partial charge in [-0.05, 0) is 12.1 Å². The molecule has 90 valence electrons. The predicted molar refractivity (Wildman–Crippen MR) is 73.0 cm³/mol. The molecule has 3 rings (SSSR count). The summed E-state index contributed by atoms with van der Waals surface area (Å²) in [7, 11) is 1.89. The fraction of sp³-hybridized carbons (Fsp3) is 0.0769. The average Bonchev–Trinajstić information content (AvgIpc) is 2.98. The van der Waals surface area contributed by atoms with Crippen molar-refractivity contribution in [2.75, 3.05) is 5.32 Å². The number of aromatic nitrogens is 2. The van der Waals surface area contributed by atoms with Crippen LogP contribution in [0.2, 0.25) is 0 Å². The minimum Gasteiger partial charge on any atom is -0.340 e. The second-order valence-corrected chi connectivity index (χ2v) is 4.83. The second-order valence-electron chi connectivity index (χ2n) is 3.94. The molecular weight excluding hydrogens is 246 g/mol. The van der Waals surface area contributed by atoms with Crippen LogP contribution >= 0.6 is 11.3 Å². The van der Waals surface area contributed by atoms with E-state index in [-0.39, 0.29) is 5.91 Å². The lowest BCUT2D eigenvalue weighted by Gasteiger charge is -2.03. The third kappa shape index (κ3) is 1.78. The number of benzene rings is 1. The molecule has 0 spiro atoms. The number of hydrogen-bond donors (Lipinski definition) is 1. The van der Waals surface area contributed by atoms with Gasteiger partial charge in [-0.25, -0.2) is 4.98 Å². The van der Waals surface area contributed by atoms with Gasteiger partial charge in [0.15, 0.2) is 5.13 Å². The first-order chi connectivity index (χ1) is 8.75. The highest BCUT2D eigenvalue weighted by molar-refractivity contribution is 7.13. The SMILES string of the molecule is Cn1c(C(=O)Nc2nccs2)cc2ccccc21. The number of amides is 1. The summed E-state index contributed by atoms with van der Waals surface area (Å²) >= 11 is 1.41. The van der Waals surface area contributed by atoms with Gasteiger partial charge >= 0.3 is 0 Å². The Hall–Kier alpha value is -2.14. The van der Waals surface area contributed by atoms with Crippen molar-refractivity contribution in [3.63, 3.8) is 0 Å². The Kier molecular flexibility index (Phi) is 2.60. The number of nitrogens with zero attached hydrogens (tertiary/aromatic N) is 2. The molecule has 2 heterocycles. The molecule has 2 aromatic heterocycles. The molecule has 1 N–H and O–H groups in total. The first-order valence-electron chi connectivity index (χ1n) is 5.51. The van der Waals surface area contributed by atoms with E-state index < -0.39 is 0 Å². The van der Waals surface area contributed by atoms with Gasteiger partial charge in [-0.2, -0.15) is 0 Å². The van der Waals surface area contributed by atoms with E-state index in [0.717, 1.165) is 10.9 Å². The standard InChI is InChI=1S/C13H11N3OS/c1-16-10-5-3-2-4-9(10)8-11(16)12(17)15-13-14-6-7-18-13/h2-8H,1H3,(H,14,15,17). The number of para-hydroxylation sites is 1. The van der Waals surface area contributed by atoms with Crippen LogP contribution in [0.4, 0.5) is 5.13 Å². The van der Waals surface area contributed by atoms with Crippen LogP contribution in [-0.4, -0.2) is 15.5 Å². The molecule has 0 atom stereocenters. The van der Waals surface area contributed by atoms with Crippen LogP contribution < -0.4 is 5.32 Å². The molecule has 18 heavy (non-hydrogen) atoms. The Morgan fingerprint density at radius 1 is 1.39 bits per heavy atom. The number of rotatable bonds is 2. The summed E-state index contributed by atoms with van der Waals surface area (Å²) in [6.07, 6.45) is 1.67. The molecule has 0 fully saturated rings. The lowest BCUT2D eigenvalue weighted by atomic mass is 10.2. The minimum atomic E-state index is -0.136. The van der Waals surface area contributed by atoms with Crippen molar-refractivity contribution in [1.29, 1.82) is 0 Å². The summed E-state index contributed by atoms with van der Waals surface area (Å²) in [6.45, 7) is 0. The largest absolute Gasteiger partial charge is 0.340 e. The van der Waals surface area contributed by atoms with E-state index >= 15 is 0 Å². The van der Waals surface area contributed by atoms with E-state index in [1.807, 2.05) is 47.3 Å².